The number of hydrogen-bond donors (Lipinski definition) is 2. The number of amides is 1. The molecule has 2 N–H and O–H groups in total. The van der Waals surface area contributed by atoms with E-state index in [1.807, 2.05) is 9.47 Å². The number of rotatable bonds is 8. The number of imidazole rings is 1. The summed E-state index contributed by atoms with van der Waals surface area (Å²) in [5.41, 5.74) is 0.441. The predicted molar refractivity (Wildman–Crippen MR) is 185 cm³/mol. The number of carboxylic acid groups (broad SMARTS) is 1. The van der Waals surface area contributed by atoms with Crippen LogP contribution in [0, 0.1) is 18.2 Å². The van der Waals surface area contributed by atoms with E-state index in [4.69, 9.17) is 35.6 Å². The second-order valence-corrected chi connectivity index (χ2v) is 14.8. The molecule has 2 aromatic carbocycles. The Balaban J connectivity index is 1.18. The maximum absolute atomic E-state index is 15.0. The molecule has 0 radical (unpaired) electrons. The summed E-state index contributed by atoms with van der Waals surface area (Å²) in [6.07, 6.45) is 8.88. The lowest BCUT2D eigenvalue weighted by molar-refractivity contribution is 0.0596. The van der Waals surface area contributed by atoms with Crippen molar-refractivity contribution >= 4 is 33.8 Å². The molecule has 2 bridgehead atoms. The number of piperazine rings is 1. The smallest absolute Gasteiger partial charge is 0.408 e. The number of carbonyl (C=O) groups is 1. The highest BCUT2D eigenvalue weighted by Gasteiger charge is 2.51. The SMILES string of the molecule is C#Cc1c(F)ccc2cc(O)cc(Oc3nc4nc(OC[C@@]56CCCN5C[C@H](F)C6)nc(N5C[C@@H]6C[C@H](OC)[C@H](C5)N6C(=O)O)c4n3C3CCC3)c12. The number of alkyl halides is 1. The lowest BCUT2D eigenvalue weighted by Crippen LogP contribution is -2.57. The first-order valence-corrected chi connectivity index (χ1v) is 17.9. The van der Waals surface area contributed by atoms with Gasteiger partial charge in [-0.2, -0.15) is 15.0 Å². The van der Waals surface area contributed by atoms with Gasteiger partial charge >= 0.3 is 18.1 Å². The van der Waals surface area contributed by atoms with Crippen molar-refractivity contribution in [1.29, 1.82) is 0 Å². The van der Waals surface area contributed by atoms with Gasteiger partial charge < -0.3 is 29.3 Å². The van der Waals surface area contributed by atoms with Crippen LogP contribution in [0.3, 0.4) is 0 Å². The van der Waals surface area contributed by atoms with E-state index in [-0.39, 0.29) is 53.9 Å². The third kappa shape index (κ3) is 5.17. The van der Waals surface area contributed by atoms with Gasteiger partial charge in [0, 0.05) is 50.7 Å². The molecule has 2 aromatic heterocycles. The Morgan fingerprint density at radius 3 is 2.73 bits per heavy atom. The van der Waals surface area contributed by atoms with Crippen LogP contribution in [-0.2, 0) is 4.74 Å². The zero-order chi connectivity index (χ0) is 35.9. The molecular formula is C37H39F2N7O6. The summed E-state index contributed by atoms with van der Waals surface area (Å²) in [7, 11) is 1.60. The number of aromatic nitrogens is 4. The van der Waals surface area contributed by atoms with E-state index < -0.39 is 29.7 Å². The Hall–Kier alpha value is -4.94. The molecule has 6 heterocycles. The minimum Gasteiger partial charge on any atom is -0.508 e. The average Bonchev–Trinajstić information content (AvgIpc) is 3.79. The number of halogens is 2. The van der Waals surface area contributed by atoms with Gasteiger partial charge in [-0.3, -0.25) is 14.4 Å². The van der Waals surface area contributed by atoms with Gasteiger partial charge in [0.25, 0.3) is 0 Å². The van der Waals surface area contributed by atoms with Crippen LogP contribution in [0.15, 0.2) is 24.3 Å². The molecule has 4 aliphatic heterocycles. The predicted octanol–water partition coefficient (Wildman–Crippen LogP) is 5.23. The number of aromatic hydroxyl groups is 1. The van der Waals surface area contributed by atoms with Crippen LogP contribution in [0.1, 0.15) is 56.6 Å². The molecule has 1 saturated carbocycles. The number of fused-ring (bicyclic) bond motifs is 5. The molecule has 52 heavy (non-hydrogen) atoms. The van der Waals surface area contributed by atoms with Crippen molar-refractivity contribution < 1.29 is 38.0 Å². The van der Waals surface area contributed by atoms with Crippen molar-refractivity contribution in [3.63, 3.8) is 0 Å². The van der Waals surface area contributed by atoms with E-state index in [0.29, 0.717) is 60.2 Å². The van der Waals surface area contributed by atoms with Crippen LogP contribution in [0.5, 0.6) is 23.5 Å². The van der Waals surface area contributed by atoms with Crippen molar-refractivity contribution in [3.05, 3.63) is 35.6 Å². The Bertz CT molecular complexity index is 2140. The number of ether oxygens (including phenoxy) is 3. The second-order valence-electron chi connectivity index (χ2n) is 14.8. The average molecular weight is 716 g/mol. The van der Waals surface area contributed by atoms with E-state index in [9.17, 15) is 23.8 Å². The maximum Gasteiger partial charge on any atom is 0.408 e. The fourth-order valence-electron chi connectivity index (χ4n) is 9.28. The summed E-state index contributed by atoms with van der Waals surface area (Å²) < 4.78 is 50.2. The summed E-state index contributed by atoms with van der Waals surface area (Å²) in [6.45, 7) is 2.07. The standard InChI is InChI=1S/C37H39F2N7O6/c1-3-25-26(39)9-8-20-12-24(47)14-29(30(20)25)52-35-41-32-31(46(35)22-6-4-7-22)33(43-17-23-13-28(50-2)27(18-43)45(23)36(48)49)42-34(40-32)51-19-37-10-5-11-44(37)16-21(38)15-37/h1,8-9,12,14,21-23,27-28,47H,4-7,10-11,13,15-19H2,2H3,(H,48,49)/t21-,23+,27+,28+,37+/m1/s1. The number of benzene rings is 2. The van der Waals surface area contributed by atoms with Crippen molar-refractivity contribution in [2.45, 2.75) is 80.9 Å². The summed E-state index contributed by atoms with van der Waals surface area (Å²) in [5.74, 6) is 2.37. The largest absolute Gasteiger partial charge is 0.508 e. The van der Waals surface area contributed by atoms with Crippen LogP contribution in [0.25, 0.3) is 21.9 Å². The first-order chi connectivity index (χ1) is 25.2. The number of phenols is 1. The fraction of sp³-hybridized carbons (Fsp3) is 0.514. The van der Waals surface area contributed by atoms with Gasteiger partial charge in [-0.1, -0.05) is 12.0 Å². The Labute approximate surface area is 298 Å². The highest BCUT2D eigenvalue weighted by atomic mass is 19.1. The van der Waals surface area contributed by atoms with E-state index >= 15 is 0 Å². The topological polar surface area (TPSA) is 139 Å². The number of nitrogens with zero attached hydrogens (tertiary/aromatic N) is 7. The van der Waals surface area contributed by atoms with Crippen molar-refractivity contribution in [2.24, 2.45) is 0 Å². The van der Waals surface area contributed by atoms with Gasteiger partial charge in [-0.15, -0.1) is 6.42 Å². The molecule has 1 amide bonds. The summed E-state index contributed by atoms with van der Waals surface area (Å²) in [4.78, 5) is 32.7. The molecule has 15 heteroatoms. The van der Waals surface area contributed by atoms with E-state index in [2.05, 4.69) is 10.8 Å². The molecule has 0 unspecified atom stereocenters. The third-order valence-electron chi connectivity index (χ3n) is 11.9. The van der Waals surface area contributed by atoms with Gasteiger partial charge in [-0.25, -0.2) is 13.6 Å². The summed E-state index contributed by atoms with van der Waals surface area (Å²) in [5, 5.41) is 21.6. The Kier molecular flexibility index (Phi) is 7.81. The van der Waals surface area contributed by atoms with Crippen molar-refractivity contribution in [2.75, 3.05) is 44.8 Å². The second kappa shape index (κ2) is 12.3. The molecule has 4 aromatic rings. The molecule has 0 spiro atoms. The van der Waals surface area contributed by atoms with Gasteiger partial charge in [0.05, 0.1) is 29.3 Å². The van der Waals surface area contributed by atoms with Crippen molar-refractivity contribution in [1.82, 2.24) is 29.3 Å². The summed E-state index contributed by atoms with van der Waals surface area (Å²) >= 11 is 0. The van der Waals surface area contributed by atoms with Gasteiger partial charge in [0.15, 0.2) is 11.5 Å². The molecular weight excluding hydrogens is 676 g/mol. The molecule has 4 saturated heterocycles. The molecule has 272 valence electrons. The molecule has 5 aliphatic rings. The first-order valence-electron chi connectivity index (χ1n) is 17.9. The lowest BCUT2D eigenvalue weighted by atomic mass is 9.93. The normalized spacial score (nSPS) is 27.3. The van der Waals surface area contributed by atoms with Gasteiger partial charge in [0.2, 0.25) is 0 Å². The van der Waals surface area contributed by atoms with Crippen molar-refractivity contribution in [3.8, 4) is 35.9 Å². The first kappa shape index (κ1) is 32.9. The minimum atomic E-state index is -0.995. The number of terminal acetylenes is 1. The van der Waals surface area contributed by atoms with E-state index in [0.717, 1.165) is 38.6 Å². The van der Waals surface area contributed by atoms with Crippen LogP contribution in [0.4, 0.5) is 19.4 Å². The molecule has 13 nitrogen and oxygen atoms in total. The Morgan fingerprint density at radius 1 is 1.13 bits per heavy atom. The molecule has 1 aliphatic carbocycles. The third-order valence-corrected chi connectivity index (χ3v) is 11.9. The maximum atomic E-state index is 15.0. The number of hydrogen-bond acceptors (Lipinski definition) is 10. The van der Waals surface area contributed by atoms with Crippen LogP contribution >= 0.6 is 0 Å². The van der Waals surface area contributed by atoms with Crippen LogP contribution < -0.4 is 14.4 Å². The summed E-state index contributed by atoms with van der Waals surface area (Å²) in [6, 6.07) is 5.08. The molecule has 5 atom stereocenters. The highest BCUT2D eigenvalue weighted by Crippen LogP contribution is 2.46. The van der Waals surface area contributed by atoms with Gasteiger partial charge in [0.1, 0.15) is 35.6 Å². The molecule has 9 rings (SSSR count). The zero-order valence-corrected chi connectivity index (χ0v) is 28.7. The minimum absolute atomic E-state index is 0.00258. The van der Waals surface area contributed by atoms with E-state index in [1.54, 1.807) is 7.11 Å². The monoisotopic (exact) mass is 715 g/mol. The molecule has 5 fully saturated rings. The van der Waals surface area contributed by atoms with Gasteiger partial charge in [-0.05, 0) is 62.6 Å². The highest BCUT2D eigenvalue weighted by molar-refractivity contribution is 5.95. The fourth-order valence-corrected chi connectivity index (χ4v) is 9.28. The zero-order valence-electron chi connectivity index (χ0n) is 28.7. The quantitative estimate of drug-likeness (QED) is 0.232. The van der Waals surface area contributed by atoms with Crippen LogP contribution in [0.2, 0.25) is 0 Å². The number of phenolic OH excluding ortho intramolecular Hbond substituents is 1. The lowest BCUT2D eigenvalue weighted by Gasteiger charge is -2.40. The number of anilines is 1. The Morgan fingerprint density at radius 2 is 1.98 bits per heavy atom. The van der Waals surface area contributed by atoms with E-state index in [1.165, 1.54) is 29.2 Å². The number of methoxy groups -OCH3 is 1. The van der Waals surface area contributed by atoms with Crippen LogP contribution in [-0.4, -0.2) is 115 Å².